The van der Waals surface area contributed by atoms with Crippen molar-refractivity contribution in [1.82, 2.24) is 5.32 Å². The van der Waals surface area contributed by atoms with Gasteiger partial charge in [0, 0.05) is 12.3 Å². The fourth-order valence-electron chi connectivity index (χ4n) is 1.92. The van der Waals surface area contributed by atoms with Gasteiger partial charge in [-0.05, 0) is 30.5 Å². The van der Waals surface area contributed by atoms with Crippen molar-refractivity contribution in [2.24, 2.45) is 5.92 Å². The number of hydrogen-bond donors (Lipinski definition) is 2. The van der Waals surface area contributed by atoms with Gasteiger partial charge in [-0.15, -0.1) is 0 Å². The number of hydrogen-bond acceptors (Lipinski definition) is 3. The summed E-state index contributed by atoms with van der Waals surface area (Å²) in [4.78, 5) is 12.0. The third-order valence-corrected chi connectivity index (χ3v) is 4.75. The van der Waals surface area contributed by atoms with Gasteiger partial charge >= 0.3 is 6.03 Å². The molecule has 0 fully saturated rings. The second-order valence-corrected chi connectivity index (χ2v) is 8.20. The molecule has 124 valence electrons. The van der Waals surface area contributed by atoms with Crippen LogP contribution < -0.4 is 10.6 Å². The average molecular weight is 347 g/mol. The van der Waals surface area contributed by atoms with Gasteiger partial charge in [0.1, 0.15) is 0 Å². The van der Waals surface area contributed by atoms with Crippen LogP contribution in [0.3, 0.4) is 0 Å². The van der Waals surface area contributed by atoms with Crippen LogP contribution in [0.4, 0.5) is 10.5 Å². The topological polar surface area (TPSA) is 75.3 Å². The molecule has 0 aliphatic heterocycles. The van der Waals surface area contributed by atoms with Gasteiger partial charge in [-0.25, -0.2) is 13.2 Å². The number of amides is 2. The second kappa shape index (κ2) is 7.83. The third kappa shape index (κ3) is 6.23. The molecule has 5 nitrogen and oxygen atoms in total. The van der Waals surface area contributed by atoms with Gasteiger partial charge in [-0.2, -0.15) is 0 Å². The van der Waals surface area contributed by atoms with E-state index in [0.29, 0.717) is 22.2 Å². The van der Waals surface area contributed by atoms with Gasteiger partial charge in [-0.3, -0.25) is 0 Å². The summed E-state index contributed by atoms with van der Waals surface area (Å²) < 4.78 is 22.7. The molecule has 0 bridgehead atoms. The maximum Gasteiger partial charge on any atom is 0.319 e. The predicted octanol–water partition coefficient (Wildman–Crippen LogP) is 3.44. The molecule has 0 aliphatic carbocycles. The van der Waals surface area contributed by atoms with E-state index in [1.807, 2.05) is 6.92 Å². The van der Waals surface area contributed by atoms with Crippen molar-refractivity contribution in [2.75, 3.05) is 11.6 Å². The standard InChI is InChI=1S/C15H23ClN2O3S/c1-5-10(2)11(3)17-15(19)18-14-8-12(6-7-13(14)16)9-22(4,20)21/h6-8,10-11H,5,9H2,1-4H3,(H2,17,18,19)/t10-,11-/m0/s1. The minimum Gasteiger partial charge on any atom is -0.335 e. The van der Waals surface area contributed by atoms with Gasteiger partial charge in [0.25, 0.3) is 0 Å². The van der Waals surface area contributed by atoms with Crippen LogP contribution in [0.25, 0.3) is 0 Å². The Hall–Kier alpha value is -1.27. The molecule has 1 aromatic carbocycles. The predicted molar refractivity (Wildman–Crippen MR) is 91.1 cm³/mol. The van der Waals surface area contributed by atoms with Gasteiger partial charge < -0.3 is 10.6 Å². The van der Waals surface area contributed by atoms with Crippen molar-refractivity contribution in [3.8, 4) is 0 Å². The lowest BCUT2D eigenvalue weighted by atomic mass is 10.0. The zero-order chi connectivity index (χ0) is 16.9. The van der Waals surface area contributed by atoms with Crippen LogP contribution in [-0.2, 0) is 15.6 Å². The summed E-state index contributed by atoms with van der Waals surface area (Å²) in [6, 6.07) is 4.47. The molecule has 7 heteroatoms. The summed E-state index contributed by atoms with van der Waals surface area (Å²) in [6.45, 7) is 6.06. The Kier molecular flexibility index (Phi) is 6.68. The van der Waals surface area contributed by atoms with E-state index >= 15 is 0 Å². The van der Waals surface area contributed by atoms with Crippen molar-refractivity contribution >= 4 is 33.2 Å². The van der Waals surface area contributed by atoms with E-state index in [2.05, 4.69) is 24.5 Å². The Bertz CT molecular complexity index is 632. The zero-order valence-corrected chi connectivity index (χ0v) is 14.9. The number of urea groups is 1. The summed E-state index contributed by atoms with van der Waals surface area (Å²) in [5, 5.41) is 5.88. The molecular formula is C15H23ClN2O3S. The number of rotatable bonds is 6. The van der Waals surface area contributed by atoms with Crippen LogP contribution in [0.1, 0.15) is 32.8 Å². The smallest absolute Gasteiger partial charge is 0.319 e. The first kappa shape index (κ1) is 18.8. The SMILES string of the molecule is CC[C@H](C)[C@H](C)NC(=O)Nc1cc(CS(C)(=O)=O)ccc1Cl. The summed E-state index contributed by atoms with van der Waals surface area (Å²) in [5.74, 6) is 0.266. The number of anilines is 1. The van der Waals surface area contributed by atoms with Crippen molar-refractivity contribution in [1.29, 1.82) is 0 Å². The highest BCUT2D eigenvalue weighted by Crippen LogP contribution is 2.24. The maximum absolute atomic E-state index is 12.0. The van der Waals surface area contributed by atoms with Gasteiger partial charge in [0.15, 0.2) is 9.84 Å². The molecule has 22 heavy (non-hydrogen) atoms. The van der Waals surface area contributed by atoms with Crippen molar-refractivity contribution in [2.45, 2.75) is 39.0 Å². The monoisotopic (exact) mass is 346 g/mol. The van der Waals surface area contributed by atoms with Crippen LogP contribution >= 0.6 is 11.6 Å². The number of carbonyl (C=O) groups excluding carboxylic acids is 1. The number of sulfone groups is 1. The maximum atomic E-state index is 12.0. The van der Waals surface area contributed by atoms with Crippen LogP contribution in [0.5, 0.6) is 0 Å². The molecule has 0 unspecified atom stereocenters. The number of nitrogens with one attached hydrogen (secondary N) is 2. The van der Waals surface area contributed by atoms with E-state index in [9.17, 15) is 13.2 Å². The Morgan fingerprint density at radius 2 is 1.95 bits per heavy atom. The second-order valence-electron chi connectivity index (χ2n) is 5.66. The van der Waals surface area contributed by atoms with Crippen molar-refractivity contribution in [3.63, 3.8) is 0 Å². The molecular weight excluding hydrogens is 324 g/mol. The Morgan fingerprint density at radius 1 is 1.32 bits per heavy atom. The Labute approximate surface area is 137 Å². The molecule has 2 atom stereocenters. The van der Waals surface area contributed by atoms with Crippen molar-refractivity contribution in [3.05, 3.63) is 28.8 Å². The molecule has 0 radical (unpaired) electrons. The molecule has 0 aliphatic rings. The quantitative estimate of drug-likeness (QED) is 0.828. The number of benzene rings is 1. The largest absolute Gasteiger partial charge is 0.335 e. The highest BCUT2D eigenvalue weighted by atomic mass is 35.5. The third-order valence-electron chi connectivity index (χ3n) is 3.56. The number of halogens is 1. The lowest BCUT2D eigenvalue weighted by Crippen LogP contribution is -2.39. The summed E-state index contributed by atoms with van der Waals surface area (Å²) in [5.41, 5.74) is 0.980. The fourth-order valence-corrected chi connectivity index (χ4v) is 2.87. The minimum absolute atomic E-state index is 0.0305. The highest BCUT2D eigenvalue weighted by molar-refractivity contribution is 7.89. The van der Waals surface area contributed by atoms with E-state index in [-0.39, 0.29) is 17.8 Å². The lowest BCUT2D eigenvalue weighted by molar-refractivity contribution is 0.244. The van der Waals surface area contributed by atoms with Gasteiger partial charge in [0.2, 0.25) is 0 Å². The molecule has 0 saturated heterocycles. The molecule has 0 saturated carbocycles. The first-order valence-corrected chi connectivity index (χ1v) is 9.60. The molecule has 0 aromatic heterocycles. The average Bonchev–Trinajstić information content (AvgIpc) is 2.39. The van der Waals surface area contributed by atoms with E-state index < -0.39 is 9.84 Å². The highest BCUT2D eigenvalue weighted by Gasteiger charge is 2.14. The fraction of sp³-hybridized carbons (Fsp3) is 0.533. The Balaban J connectivity index is 2.80. The van der Waals surface area contributed by atoms with Crippen LogP contribution in [0.2, 0.25) is 5.02 Å². The molecule has 1 aromatic rings. The van der Waals surface area contributed by atoms with E-state index in [1.54, 1.807) is 18.2 Å². The first-order valence-electron chi connectivity index (χ1n) is 7.16. The first-order chi connectivity index (χ1) is 10.1. The Morgan fingerprint density at radius 3 is 2.50 bits per heavy atom. The van der Waals surface area contributed by atoms with Gasteiger partial charge in [0.05, 0.1) is 16.5 Å². The minimum atomic E-state index is -3.14. The van der Waals surface area contributed by atoms with Crippen molar-refractivity contribution < 1.29 is 13.2 Å². The van der Waals surface area contributed by atoms with E-state index in [0.717, 1.165) is 12.7 Å². The van der Waals surface area contributed by atoms with Crippen LogP contribution in [-0.4, -0.2) is 26.7 Å². The molecule has 2 N–H and O–H groups in total. The molecule has 2 amide bonds. The van der Waals surface area contributed by atoms with Crippen LogP contribution in [0, 0.1) is 5.92 Å². The summed E-state index contributed by atoms with van der Waals surface area (Å²) in [6.07, 6.45) is 2.13. The molecule has 0 spiro atoms. The lowest BCUT2D eigenvalue weighted by Gasteiger charge is -2.20. The summed E-state index contributed by atoms with van der Waals surface area (Å²) >= 11 is 6.05. The molecule has 0 heterocycles. The van der Waals surface area contributed by atoms with E-state index in [1.165, 1.54) is 0 Å². The van der Waals surface area contributed by atoms with Gasteiger partial charge in [-0.1, -0.05) is 37.9 Å². The summed E-state index contributed by atoms with van der Waals surface area (Å²) in [7, 11) is -3.14. The molecule has 1 rings (SSSR count). The van der Waals surface area contributed by atoms with Crippen LogP contribution in [0.15, 0.2) is 18.2 Å². The normalized spacial score (nSPS) is 14.2. The van der Waals surface area contributed by atoms with E-state index in [4.69, 9.17) is 11.6 Å². The number of carbonyl (C=O) groups is 1. The zero-order valence-electron chi connectivity index (χ0n) is 13.3.